The van der Waals surface area contributed by atoms with E-state index in [1.54, 1.807) is 0 Å². The third-order valence-electron chi connectivity index (χ3n) is 6.04. The predicted molar refractivity (Wildman–Crippen MR) is 100 cm³/mol. The molecule has 0 bridgehead atoms. The molecular weight excluding hydrogens is 316 g/mol. The van der Waals surface area contributed by atoms with Crippen molar-refractivity contribution in [2.75, 3.05) is 6.61 Å². The second-order valence-electron chi connectivity index (χ2n) is 8.58. The summed E-state index contributed by atoms with van der Waals surface area (Å²) in [5.41, 5.74) is 1.91. The van der Waals surface area contributed by atoms with Crippen molar-refractivity contribution in [3.63, 3.8) is 0 Å². The molecule has 4 nitrogen and oxygen atoms in total. The molecule has 0 amide bonds. The smallest absolute Gasteiger partial charge is 0.110 e. The minimum atomic E-state index is -0.430. The van der Waals surface area contributed by atoms with E-state index in [2.05, 4.69) is 40.3 Å². The molecule has 2 heterocycles. The number of hydrogen-bond donors (Lipinski definition) is 2. The summed E-state index contributed by atoms with van der Waals surface area (Å²) in [7, 11) is 0. The fourth-order valence-electron chi connectivity index (χ4n) is 3.40. The van der Waals surface area contributed by atoms with E-state index in [-0.39, 0.29) is 30.0 Å². The van der Waals surface area contributed by atoms with Gasteiger partial charge >= 0.3 is 0 Å². The fraction of sp³-hybridized carbons (Fsp3) is 0.810. The molecule has 2 rings (SSSR count). The predicted octanol–water partition coefficient (Wildman–Crippen LogP) is 3.76. The summed E-state index contributed by atoms with van der Waals surface area (Å²) in [4.78, 5) is 0. The summed E-state index contributed by atoms with van der Waals surface area (Å²) in [6.45, 7) is 14.6. The lowest BCUT2D eigenvalue weighted by Gasteiger charge is -2.16. The van der Waals surface area contributed by atoms with E-state index < -0.39 is 6.10 Å². The van der Waals surface area contributed by atoms with Crippen LogP contribution in [0.25, 0.3) is 0 Å². The highest BCUT2D eigenvalue weighted by atomic mass is 16.6. The number of allylic oxidation sites excluding steroid dienone is 1. The molecule has 25 heavy (non-hydrogen) atoms. The van der Waals surface area contributed by atoms with Gasteiger partial charge in [0.25, 0.3) is 0 Å². The Morgan fingerprint density at radius 3 is 2.32 bits per heavy atom. The van der Waals surface area contributed by atoms with E-state index in [9.17, 15) is 5.11 Å². The third kappa shape index (κ3) is 5.40. The molecule has 2 fully saturated rings. The van der Waals surface area contributed by atoms with Crippen LogP contribution in [0.1, 0.15) is 66.7 Å². The van der Waals surface area contributed by atoms with E-state index >= 15 is 0 Å². The van der Waals surface area contributed by atoms with Crippen LogP contribution in [0.5, 0.6) is 0 Å². The average molecular weight is 353 g/mol. The monoisotopic (exact) mass is 352 g/mol. The lowest BCUT2D eigenvalue weighted by Crippen LogP contribution is -2.16. The molecule has 4 heteroatoms. The van der Waals surface area contributed by atoms with Crippen LogP contribution in [0, 0.1) is 5.92 Å². The Morgan fingerprint density at radius 2 is 1.76 bits per heavy atom. The molecular formula is C21H36O4. The van der Waals surface area contributed by atoms with Crippen molar-refractivity contribution >= 4 is 0 Å². The first-order valence-electron chi connectivity index (χ1n) is 9.60. The van der Waals surface area contributed by atoms with Gasteiger partial charge in [0.1, 0.15) is 6.10 Å². The van der Waals surface area contributed by atoms with Crippen LogP contribution >= 0.6 is 0 Å². The average Bonchev–Trinajstić information content (AvgIpc) is 3.40. The van der Waals surface area contributed by atoms with Crippen LogP contribution in [0.15, 0.2) is 23.8 Å². The van der Waals surface area contributed by atoms with E-state index in [0.29, 0.717) is 12.3 Å². The van der Waals surface area contributed by atoms with Crippen LogP contribution < -0.4 is 0 Å². The molecule has 0 aromatic rings. The minimum absolute atomic E-state index is 0.00478. The normalized spacial score (nSPS) is 35.8. The van der Waals surface area contributed by atoms with Gasteiger partial charge in [0.2, 0.25) is 0 Å². The molecule has 2 N–H and O–H groups in total. The van der Waals surface area contributed by atoms with Gasteiger partial charge in [-0.25, -0.2) is 0 Å². The Hall–Kier alpha value is -0.680. The highest BCUT2D eigenvalue weighted by molar-refractivity contribution is 5.12. The Balaban J connectivity index is 1.68. The first-order chi connectivity index (χ1) is 11.6. The topological polar surface area (TPSA) is 65.5 Å². The van der Waals surface area contributed by atoms with Gasteiger partial charge in [-0.05, 0) is 64.4 Å². The number of epoxide rings is 2. The number of aliphatic hydroxyl groups is 2. The van der Waals surface area contributed by atoms with E-state index in [1.807, 2.05) is 6.92 Å². The van der Waals surface area contributed by atoms with Crippen LogP contribution in [-0.2, 0) is 9.47 Å². The number of rotatable bonds is 11. The maximum Gasteiger partial charge on any atom is 0.110 e. The van der Waals surface area contributed by atoms with Crippen LogP contribution in [-0.4, -0.2) is 46.3 Å². The Labute approximate surface area is 152 Å². The number of hydrogen-bond acceptors (Lipinski definition) is 4. The Kier molecular flexibility index (Phi) is 6.53. The maximum absolute atomic E-state index is 10.3. The largest absolute Gasteiger partial charge is 0.394 e. The van der Waals surface area contributed by atoms with Gasteiger partial charge in [-0.15, -0.1) is 0 Å². The molecule has 0 aromatic carbocycles. The van der Waals surface area contributed by atoms with Crippen LogP contribution in [0.2, 0.25) is 0 Å². The zero-order valence-corrected chi connectivity index (χ0v) is 16.5. The van der Waals surface area contributed by atoms with E-state index in [4.69, 9.17) is 14.6 Å². The molecule has 0 saturated carbocycles. The highest BCUT2D eigenvalue weighted by Crippen LogP contribution is 2.47. The molecule has 0 spiro atoms. The van der Waals surface area contributed by atoms with Gasteiger partial charge in [0.15, 0.2) is 0 Å². The van der Waals surface area contributed by atoms with Crippen LogP contribution in [0.4, 0.5) is 0 Å². The van der Waals surface area contributed by atoms with Gasteiger partial charge in [-0.3, -0.25) is 0 Å². The summed E-state index contributed by atoms with van der Waals surface area (Å²) < 4.78 is 11.4. The second-order valence-corrected chi connectivity index (χ2v) is 8.58. The van der Waals surface area contributed by atoms with Crippen molar-refractivity contribution in [2.24, 2.45) is 5.92 Å². The molecule has 0 aliphatic carbocycles. The van der Waals surface area contributed by atoms with Crippen LogP contribution in [0.3, 0.4) is 0 Å². The van der Waals surface area contributed by atoms with Crippen molar-refractivity contribution < 1.29 is 19.7 Å². The first-order valence-corrected chi connectivity index (χ1v) is 9.60. The maximum atomic E-state index is 10.3. The van der Waals surface area contributed by atoms with Gasteiger partial charge in [0, 0.05) is 0 Å². The van der Waals surface area contributed by atoms with Gasteiger partial charge in [-0.2, -0.15) is 0 Å². The molecule has 144 valence electrons. The molecule has 2 aliphatic rings. The van der Waals surface area contributed by atoms with Crippen molar-refractivity contribution in [2.45, 2.75) is 96.2 Å². The molecule has 0 unspecified atom stereocenters. The number of ether oxygens (including phenoxy) is 2. The lowest BCUT2D eigenvalue weighted by atomic mass is 9.92. The summed E-state index contributed by atoms with van der Waals surface area (Å²) in [5.74, 6) is 0.407. The van der Waals surface area contributed by atoms with Gasteiger partial charge < -0.3 is 19.7 Å². The van der Waals surface area contributed by atoms with Crippen molar-refractivity contribution in [3.8, 4) is 0 Å². The van der Waals surface area contributed by atoms with E-state index in [1.165, 1.54) is 0 Å². The molecule has 2 saturated heterocycles. The van der Waals surface area contributed by atoms with Gasteiger partial charge in [-0.1, -0.05) is 32.1 Å². The Bertz CT molecular complexity index is 512. The Morgan fingerprint density at radius 1 is 1.16 bits per heavy atom. The SMILES string of the molecule is C=C(C[C@@H](O)/C(C)=C/CC[C@]1(C)O[C@@H]1CC[C@@]1(C)O[C@@H]1CO)C(C)C. The lowest BCUT2D eigenvalue weighted by molar-refractivity contribution is 0.207. The first kappa shape index (κ1) is 20.6. The van der Waals surface area contributed by atoms with Crippen molar-refractivity contribution in [1.82, 2.24) is 0 Å². The summed E-state index contributed by atoms with van der Waals surface area (Å²) >= 11 is 0. The van der Waals surface area contributed by atoms with Gasteiger partial charge in [0.05, 0.1) is 30.0 Å². The summed E-state index contributed by atoms with van der Waals surface area (Å²) in [6, 6.07) is 0. The zero-order chi connectivity index (χ0) is 18.8. The fourth-order valence-corrected chi connectivity index (χ4v) is 3.40. The molecule has 0 aromatic heterocycles. The zero-order valence-electron chi connectivity index (χ0n) is 16.5. The molecule has 2 aliphatic heterocycles. The molecule has 5 atom stereocenters. The standard InChI is InChI=1S/C21H36O4/c1-14(2)16(4)12-17(23)15(3)8-7-10-20(5)18(24-20)9-11-21(6)19(13-22)25-21/h8,14,17-19,22-23H,4,7,9-13H2,1-3,5-6H3/b15-8+/t17-,18-,19-,20+,21-/m1/s1. The highest BCUT2D eigenvalue weighted by Gasteiger charge is 2.56. The summed E-state index contributed by atoms with van der Waals surface area (Å²) in [6.07, 6.45) is 6.42. The third-order valence-corrected chi connectivity index (χ3v) is 6.04. The van der Waals surface area contributed by atoms with Crippen molar-refractivity contribution in [1.29, 1.82) is 0 Å². The second kappa shape index (κ2) is 7.91. The van der Waals surface area contributed by atoms with Crippen molar-refractivity contribution in [3.05, 3.63) is 23.8 Å². The molecule has 0 radical (unpaired) electrons. The quantitative estimate of drug-likeness (QED) is 0.439. The van der Waals surface area contributed by atoms with E-state index in [0.717, 1.165) is 36.8 Å². The minimum Gasteiger partial charge on any atom is -0.394 e. The number of aliphatic hydroxyl groups excluding tert-OH is 2. The summed E-state index contributed by atoms with van der Waals surface area (Å²) in [5, 5.41) is 19.4.